The molecule has 2 aromatic heterocycles. The van der Waals surface area contributed by atoms with E-state index in [4.69, 9.17) is 0 Å². The molecule has 7 nitrogen and oxygen atoms in total. The number of rotatable bonds is 5. The maximum Gasteiger partial charge on any atom is 0.264 e. The van der Waals surface area contributed by atoms with E-state index in [1.165, 1.54) is 11.3 Å². The summed E-state index contributed by atoms with van der Waals surface area (Å²) in [5.41, 5.74) is 0.956. The molecule has 1 saturated heterocycles. The minimum atomic E-state index is 0.0836. The van der Waals surface area contributed by atoms with Crippen molar-refractivity contribution in [3.63, 3.8) is 0 Å². The average molecular weight is 378 g/mol. The molecule has 0 saturated carbocycles. The SMILES string of the molecule is CCN(CC)C(=O)CN1CCN(C(=O)c2cc3c(C)nn(C)c3s2)CC1. The minimum absolute atomic E-state index is 0.0836. The first-order valence-electron chi connectivity index (χ1n) is 9.17. The molecule has 0 bridgehead atoms. The maximum absolute atomic E-state index is 12.8. The molecule has 1 aliphatic rings. The van der Waals surface area contributed by atoms with Crippen molar-refractivity contribution in [2.75, 3.05) is 45.8 Å². The van der Waals surface area contributed by atoms with E-state index in [1.807, 2.05) is 48.4 Å². The van der Waals surface area contributed by atoms with E-state index >= 15 is 0 Å². The van der Waals surface area contributed by atoms with Gasteiger partial charge in [-0.15, -0.1) is 11.3 Å². The van der Waals surface area contributed by atoms with Crippen molar-refractivity contribution in [2.24, 2.45) is 7.05 Å². The number of hydrogen-bond acceptors (Lipinski definition) is 5. The molecule has 0 spiro atoms. The molecule has 2 aromatic rings. The fourth-order valence-corrected chi connectivity index (χ4v) is 4.53. The molecule has 0 N–H and O–H groups in total. The van der Waals surface area contributed by atoms with Crippen molar-refractivity contribution in [3.05, 3.63) is 16.6 Å². The quantitative estimate of drug-likeness (QED) is 0.794. The molecule has 0 aliphatic carbocycles. The van der Waals surface area contributed by atoms with Gasteiger partial charge >= 0.3 is 0 Å². The number of carbonyl (C=O) groups is 2. The van der Waals surface area contributed by atoms with Crippen LogP contribution in [0.25, 0.3) is 10.2 Å². The first-order chi connectivity index (χ1) is 12.4. The summed E-state index contributed by atoms with van der Waals surface area (Å²) in [6.07, 6.45) is 0. The first-order valence-corrected chi connectivity index (χ1v) is 9.98. The predicted molar refractivity (Wildman–Crippen MR) is 104 cm³/mol. The van der Waals surface area contributed by atoms with Crippen LogP contribution in [0, 0.1) is 6.92 Å². The Morgan fingerprint density at radius 2 is 1.85 bits per heavy atom. The molecule has 142 valence electrons. The van der Waals surface area contributed by atoms with E-state index in [1.54, 1.807) is 0 Å². The molecular formula is C18H27N5O2S. The molecule has 0 unspecified atom stereocenters. The molecule has 26 heavy (non-hydrogen) atoms. The van der Waals surface area contributed by atoms with Gasteiger partial charge in [-0.2, -0.15) is 5.10 Å². The Morgan fingerprint density at radius 3 is 2.42 bits per heavy atom. The predicted octanol–water partition coefficient (Wildman–Crippen LogP) is 1.57. The summed E-state index contributed by atoms with van der Waals surface area (Å²) in [6.45, 7) is 10.7. The van der Waals surface area contributed by atoms with Gasteiger partial charge in [0.15, 0.2) is 0 Å². The number of likely N-dealkylation sites (N-methyl/N-ethyl adjacent to an activating group) is 1. The van der Waals surface area contributed by atoms with E-state index in [2.05, 4.69) is 10.00 Å². The Balaban J connectivity index is 1.59. The van der Waals surface area contributed by atoms with Crippen molar-refractivity contribution in [1.82, 2.24) is 24.5 Å². The Hall–Kier alpha value is -1.93. The van der Waals surface area contributed by atoms with Gasteiger partial charge in [0, 0.05) is 51.7 Å². The molecule has 0 atom stereocenters. The first kappa shape index (κ1) is 18.8. The maximum atomic E-state index is 12.8. The van der Waals surface area contributed by atoms with Crippen LogP contribution in [0.15, 0.2) is 6.07 Å². The van der Waals surface area contributed by atoms with Crippen LogP contribution >= 0.6 is 11.3 Å². The Labute approximate surface area is 158 Å². The van der Waals surface area contributed by atoms with Gasteiger partial charge in [-0.1, -0.05) is 0 Å². The highest BCUT2D eigenvalue weighted by molar-refractivity contribution is 7.20. The molecule has 1 fully saturated rings. The number of thiophene rings is 1. The largest absolute Gasteiger partial charge is 0.342 e. The second kappa shape index (κ2) is 7.75. The van der Waals surface area contributed by atoms with Crippen LogP contribution in [0.4, 0.5) is 0 Å². The number of piperazine rings is 1. The van der Waals surface area contributed by atoms with Crippen LogP contribution in [0.3, 0.4) is 0 Å². The van der Waals surface area contributed by atoms with Crippen molar-refractivity contribution in [3.8, 4) is 0 Å². The number of aromatic nitrogens is 2. The van der Waals surface area contributed by atoms with Crippen LogP contribution in [0.2, 0.25) is 0 Å². The number of carbonyl (C=O) groups excluding carboxylic acids is 2. The third kappa shape index (κ3) is 3.61. The van der Waals surface area contributed by atoms with Gasteiger partial charge in [0.1, 0.15) is 4.83 Å². The molecule has 0 radical (unpaired) electrons. The molecule has 2 amide bonds. The van der Waals surface area contributed by atoms with E-state index < -0.39 is 0 Å². The molecular weight excluding hydrogens is 350 g/mol. The van der Waals surface area contributed by atoms with Gasteiger partial charge in [0.2, 0.25) is 5.91 Å². The molecule has 3 heterocycles. The van der Waals surface area contributed by atoms with Crippen molar-refractivity contribution < 1.29 is 9.59 Å². The van der Waals surface area contributed by atoms with Crippen LogP contribution < -0.4 is 0 Å². The fourth-order valence-electron chi connectivity index (χ4n) is 3.44. The average Bonchev–Trinajstić information content (AvgIpc) is 3.18. The number of nitrogens with zero attached hydrogens (tertiary/aromatic N) is 5. The van der Waals surface area contributed by atoms with Crippen LogP contribution in [0.5, 0.6) is 0 Å². The van der Waals surface area contributed by atoms with Gasteiger partial charge in [0.05, 0.1) is 17.1 Å². The summed E-state index contributed by atoms with van der Waals surface area (Å²) < 4.78 is 1.84. The molecule has 1 aliphatic heterocycles. The summed E-state index contributed by atoms with van der Waals surface area (Å²) in [7, 11) is 1.91. The Morgan fingerprint density at radius 1 is 1.19 bits per heavy atom. The zero-order valence-corrected chi connectivity index (χ0v) is 16.8. The third-order valence-corrected chi connectivity index (χ3v) is 6.23. The van der Waals surface area contributed by atoms with Crippen LogP contribution in [-0.4, -0.2) is 82.1 Å². The summed E-state index contributed by atoms with van der Waals surface area (Å²) in [5, 5.41) is 5.45. The number of fused-ring (bicyclic) bond motifs is 1. The lowest BCUT2D eigenvalue weighted by molar-refractivity contribution is -0.132. The lowest BCUT2D eigenvalue weighted by Crippen LogP contribution is -2.51. The topological polar surface area (TPSA) is 61.7 Å². The summed E-state index contributed by atoms with van der Waals surface area (Å²) >= 11 is 1.50. The summed E-state index contributed by atoms with van der Waals surface area (Å²) in [5.74, 6) is 0.252. The Bertz CT molecular complexity index is 765. The second-order valence-corrected chi connectivity index (χ2v) is 7.70. The van der Waals surface area contributed by atoms with Crippen molar-refractivity contribution in [1.29, 1.82) is 0 Å². The van der Waals surface area contributed by atoms with Gasteiger partial charge in [-0.25, -0.2) is 0 Å². The Kier molecular flexibility index (Phi) is 5.62. The zero-order valence-electron chi connectivity index (χ0n) is 16.0. The highest BCUT2D eigenvalue weighted by Gasteiger charge is 2.26. The normalized spacial score (nSPS) is 15.6. The summed E-state index contributed by atoms with van der Waals surface area (Å²) in [6, 6.07) is 1.96. The van der Waals surface area contributed by atoms with E-state index in [9.17, 15) is 9.59 Å². The van der Waals surface area contributed by atoms with Gasteiger partial charge in [0.25, 0.3) is 5.91 Å². The molecule has 8 heteroatoms. The molecule has 0 aromatic carbocycles. The standard InChI is InChI=1S/C18H27N5O2S/c1-5-22(6-2)16(24)12-21-7-9-23(10-8-21)17(25)15-11-14-13(3)19-20(4)18(14)26-15/h11H,5-10,12H2,1-4H3. The number of hydrogen-bond donors (Lipinski definition) is 0. The minimum Gasteiger partial charge on any atom is -0.342 e. The smallest absolute Gasteiger partial charge is 0.264 e. The number of aryl methyl sites for hydroxylation is 2. The van der Waals surface area contributed by atoms with Gasteiger partial charge in [-0.3, -0.25) is 19.2 Å². The monoisotopic (exact) mass is 377 g/mol. The fraction of sp³-hybridized carbons (Fsp3) is 0.611. The third-order valence-electron chi connectivity index (χ3n) is 5.04. The van der Waals surface area contributed by atoms with Crippen molar-refractivity contribution in [2.45, 2.75) is 20.8 Å². The van der Waals surface area contributed by atoms with Gasteiger partial charge < -0.3 is 9.80 Å². The highest BCUT2D eigenvalue weighted by Crippen LogP contribution is 2.28. The highest BCUT2D eigenvalue weighted by atomic mass is 32.1. The van der Waals surface area contributed by atoms with Crippen LogP contribution in [0.1, 0.15) is 29.2 Å². The van der Waals surface area contributed by atoms with E-state index in [-0.39, 0.29) is 11.8 Å². The zero-order chi connectivity index (χ0) is 18.8. The van der Waals surface area contributed by atoms with Crippen LogP contribution in [-0.2, 0) is 11.8 Å². The second-order valence-electron chi connectivity index (χ2n) is 6.67. The lowest BCUT2D eigenvalue weighted by Gasteiger charge is -2.35. The molecule has 3 rings (SSSR count). The number of amides is 2. The lowest BCUT2D eigenvalue weighted by atomic mass is 10.2. The van der Waals surface area contributed by atoms with E-state index in [0.717, 1.165) is 47.0 Å². The summed E-state index contributed by atoms with van der Waals surface area (Å²) in [4.78, 5) is 32.8. The van der Waals surface area contributed by atoms with E-state index in [0.29, 0.717) is 19.6 Å². The van der Waals surface area contributed by atoms with Gasteiger partial charge in [-0.05, 0) is 26.8 Å². The van der Waals surface area contributed by atoms with Crippen molar-refractivity contribution >= 4 is 33.4 Å².